The smallest absolute Gasteiger partial charge is 0.174 e. The molecule has 0 aliphatic heterocycles. The van der Waals surface area contributed by atoms with Gasteiger partial charge in [-0.2, -0.15) is 0 Å². The van der Waals surface area contributed by atoms with Gasteiger partial charge in [0.1, 0.15) is 0 Å². The summed E-state index contributed by atoms with van der Waals surface area (Å²) in [5, 5.41) is 0. The van der Waals surface area contributed by atoms with E-state index in [-0.39, 0.29) is 0 Å². The molecule has 3 heteroatoms. The number of hydrogen-bond donors (Lipinski definition) is 0. The summed E-state index contributed by atoms with van der Waals surface area (Å²) in [6.07, 6.45) is 1.47. The third kappa shape index (κ3) is 2.99. The first-order valence-corrected chi connectivity index (χ1v) is 5.63. The second-order valence-electron chi connectivity index (χ2n) is 3.61. The van der Waals surface area contributed by atoms with Crippen LogP contribution in [-0.4, -0.2) is 26.6 Å². The van der Waals surface area contributed by atoms with Crippen LogP contribution in [0.1, 0.15) is 19.4 Å². The van der Waals surface area contributed by atoms with Gasteiger partial charge in [0.25, 0.3) is 0 Å². The van der Waals surface area contributed by atoms with E-state index < -0.39 is 0 Å². The monoisotopic (exact) mass is 220 g/mol. The maximum atomic E-state index is 4.85. The van der Waals surface area contributed by atoms with Crippen molar-refractivity contribution in [1.29, 1.82) is 0 Å². The zero-order valence-corrected chi connectivity index (χ0v) is 10.5. The molecule has 0 spiro atoms. The van der Waals surface area contributed by atoms with Crippen molar-refractivity contribution in [2.24, 2.45) is 4.99 Å². The van der Waals surface area contributed by atoms with Gasteiger partial charge in [-0.05, 0) is 38.5 Å². The van der Waals surface area contributed by atoms with Gasteiger partial charge in [0.2, 0.25) is 0 Å². The fourth-order valence-electron chi connectivity index (χ4n) is 1.63. The molecule has 88 valence electrons. The number of methoxy groups -OCH3 is 1. The maximum Gasteiger partial charge on any atom is 0.174 e. The largest absolute Gasteiger partial charge is 0.486 e. The molecule has 0 fully saturated rings. The topological polar surface area (TPSA) is 24.8 Å². The molecule has 0 radical (unpaired) electrons. The first kappa shape index (κ1) is 12.6. The number of aliphatic imine (C=N–C) groups is 1. The van der Waals surface area contributed by atoms with E-state index in [0.717, 1.165) is 24.3 Å². The van der Waals surface area contributed by atoms with Crippen molar-refractivity contribution in [2.45, 2.75) is 20.8 Å². The molecular formula is C13H20N2O. The van der Waals surface area contributed by atoms with E-state index >= 15 is 0 Å². The molecule has 0 saturated carbocycles. The fourth-order valence-corrected chi connectivity index (χ4v) is 1.63. The van der Waals surface area contributed by atoms with Gasteiger partial charge in [-0.15, -0.1) is 0 Å². The first-order valence-electron chi connectivity index (χ1n) is 5.63. The highest BCUT2D eigenvalue weighted by atomic mass is 16.5. The summed E-state index contributed by atoms with van der Waals surface area (Å²) in [6, 6.07) is 6.32. The Hall–Kier alpha value is -1.51. The van der Waals surface area contributed by atoms with Crippen LogP contribution < -0.4 is 4.90 Å². The number of nitrogens with zero attached hydrogens (tertiary/aromatic N) is 2. The van der Waals surface area contributed by atoms with Crippen LogP contribution in [-0.2, 0) is 4.74 Å². The van der Waals surface area contributed by atoms with E-state index in [4.69, 9.17) is 4.74 Å². The molecule has 0 unspecified atom stereocenters. The fraction of sp³-hybridized carbons (Fsp3) is 0.462. The van der Waals surface area contributed by atoms with Gasteiger partial charge in [-0.1, -0.05) is 6.07 Å². The van der Waals surface area contributed by atoms with Crippen molar-refractivity contribution in [1.82, 2.24) is 0 Å². The Labute approximate surface area is 97.8 Å². The second-order valence-corrected chi connectivity index (χ2v) is 3.61. The van der Waals surface area contributed by atoms with Crippen molar-refractivity contribution >= 4 is 17.8 Å². The minimum absolute atomic E-state index is 0.964. The van der Waals surface area contributed by atoms with Gasteiger partial charge in [0, 0.05) is 18.8 Å². The van der Waals surface area contributed by atoms with Crippen LogP contribution >= 0.6 is 0 Å². The molecule has 0 heterocycles. The first-order chi connectivity index (χ1) is 7.72. The Kier molecular flexibility index (Phi) is 4.83. The predicted molar refractivity (Wildman–Crippen MR) is 69.9 cm³/mol. The van der Waals surface area contributed by atoms with Crippen LogP contribution in [0, 0.1) is 6.92 Å². The summed E-state index contributed by atoms with van der Waals surface area (Å²) in [5.74, 6) is 0. The summed E-state index contributed by atoms with van der Waals surface area (Å²) in [6.45, 7) is 8.37. The van der Waals surface area contributed by atoms with Crippen LogP contribution in [0.2, 0.25) is 0 Å². The average molecular weight is 220 g/mol. The Morgan fingerprint density at radius 2 is 2.00 bits per heavy atom. The van der Waals surface area contributed by atoms with Gasteiger partial charge < -0.3 is 9.64 Å². The molecule has 0 aliphatic carbocycles. The number of aryl methyl sites for hydroxylation is 1. The van der Waals surface area contributed by atoms with E-state index in [9.17, 15) is 0 Å². The summed E-state index contributed by atoms with van der Waals surface area (Å²) < 4.78 is 4.85. The zero-order chi connectivity index (χ0) is 12.0. The van der Waals surface area contributed by atoms with Gasteiger partial charge in [0.05, 0.1) is 12.8 Å². The molecule has 0 N–H and O–H groups in total. The van der Waals surface area contributed by atoms with E-state index in [0.29, 0.717) is 0 Å². The van der Waals surface area contributed by atoms with Crippen molar-refractivity contribution in [3.05, 3.63) is 23.8 Å². The van der Waals surface area contributed by atoms with Crippen LogP contribution in [0.3, 0.4) is 0 Å². The van der Waals surface area contributed by atoms with Crippen LogP contribution in [0.5, 0.6) is 0 Å². The number of ether oxygens (including phenoxy) is 1. The molecule has 0 bridgehead atoms. The summed E-state index contributed by atoms with van der Waals surface area (Å²) >= 11 is 0. The highest BCUT2D eigenvalue weighted by Gasteiger charge is 2.04. The average Bonchev–Trinajstić information content (AvgIpc) is 2.31. The lowest BCUT2D eigenvalue weighted by molar-refractivity contribution is 0.423. The number of hydrogen-bond acceptors (Lipinski definition) is 3. The van der Waals surface area contributed by atoms with Gasteiger partial charge in [0.15, 0.2) is 6.40 Å². The lowest BCUT2D eigenvalue weighted by Crippen LogP contribution is -2.21. The quantitative estimate of drug-likeness (QED) is 0.562. The number of benzene rings is 1. The molecular weight excluding hydrogens is 200 g/mol. The third-order valence-corrected chi connectivity index (χ3v) is 2.62. The molecule has 0 saturated heterocycles. The van der Waals surface area contributed by atoms with Crippen molar-refractivity contribution in [3.63, 3.8) is 0 Å². The SMILES string of the molecule is CCN(CC)c1ccc(C)c(N=COC)c1. The second kappa shape index (κ2) is 6.16. The van der Waals surface area contributed by atoms with Crippen LogP contribution in [0.25, 0.3) is 0 Å². The van der Waals surface area contributed by atoms with Crippen molar-refractivity contribution in [2.75, 3.05) is 25.1 Å². The maximum absolute atomic E-state index is 4.85. The summed E-state index contributed by atoms with van der Waals surface area (Å²) in [5.41, 5.74) is 3.33. The normalized spacial score (nSPS) is 10.8. The highest BCUT2D eigenvalue weighted by molar-refractivity contribution is 5.64. The number of anilines is 1. The van der Waals surface area contributed by atoms with Crippen LogP contribution in [0.15, 0.2) is 23.2 Å². The van der Waals surface area contributed by atoms with Crippen LogP contribution in [0.4, 0.5) is 11.4 Å². The number of rotatable bonds is 5. The Bertz CT molecular complexity index is 357. The van der Waals surface area contributed by atoms with Crippen molar-refractivity contribution in [3.8, 4) is 0 Å². The molecule has 0 aromatic heterocycles. The standard InChI is InChI=1S/C13H20N2O/c1-5-15(6-2)12-8-7-11(3)13(9-12)14-10-16-4/h7-10H,5-6H2,1-4H3. The minimum atomic E-state index is 0.964. The molecule has 1 rings (SSSR count). The molecule has 1 aromatic carbocycles. The molecule has 1 aromatic rings. The highest BCUT2D eigenvalue weighted by Crippen LogP contribution is 2.25. The summed E-state index contributed by atoms with van der Waals surface area (Å²) in [7, 11) is 1.60. The molecule has 0 aliphatic rings. The molecule has 0 atom stereocenters. The van der Waals surface area contributed by atoms with Gasteiger partial charge in [-0.3, -0.25) is 0 Å². The van der Waals surface area contributed by atoms with E-state index in [1.54, 1.807) is 7.11 Å². The van der Waals surface area contributed by atoms with Gasteiger partial charge >= 0.3 is 0 Å². The predicted octanol–water partition coefficient (Wildman–Crippen LogP) is 3.15. The third-order valence-electron chi connectivity index (χ3n) is 2.62. The summed E-state index contributed by atoms with van der Waals surface area (Å²) in [4.78, 5) is 6.56. The Morgan fingerprint density at radius 3 is 2.56 bits per heavy atom. The molecule has 16 heavy (non-hydrogen) atoms. The Morgan fingerprint density at radius 1 is 1.31 bits per heavy atom. The van der Waals surface area contributed by atoms with E-state index in [1.165, 1.54) is 12.1 Å². The molecule has 3 nitrogen and oxygen atoms in total. The zero-order valence-electron chi connectivity index (χ0n) is 10.5. The lowest BCUT2D eigenvalue weighted by atomic mass is 10.1. The molecule has 0 amide bonds. The van der Waals surface area contributed by atoms with E-state index in [2.05, 4.69) is 41.9 Å². The van der Waals surface area contributed by atoms with Gasteiger partial charge in [-0.25, -0.2) is 4.99 Å². The van der Waals surface area contributed by atoms with Crippen molar-refractivity contribution < 1.29 is 4.74 Å². The Balaban J connectivity index is 3.01. The van der Waals surface area contributed by atoms with E-state index in [1.807, 2.05) is 6.92 Å². The lowest BCUT2D eigenvalue weighted by Gasteiger charge is -2.21. The minimum Gasteiger partial charge on any atom is -0.486 e.